The van der Waals surface area contributed by atoms with Gasteiger partial charge < -0.3 is 5.32 Å². The number of alkyl halides is 1. The van der Waals surface area contributed by atoms with E-state index in [1.54, 1.807) is 11.9 Å². The van der Waals surface area contributed by atoms with Crippen LogP contribution in [0.25, 0.3) is 5.57 Å². The molecule has 0 amide bonds. The van der Waals surface area contributed by atoms with Crippen molar-refractivity contribution in [3.8, 4) is 0 Å². The van der Waals surface area contributed by atoms with Crippen LogP contribution in [0, 0.1) is 5.92 Å². The minimum Gasteiger partial charge on any atom is -0.375 e. The first-order chi connectivity index (χ1) is 11.2. The fraction of sp³-hybridized carbons (Fsp3) is 0.600. The molecule has 1 rings (SSSR count). The molecule has 2 N–H and O–H groups in total. The summed E-state index contributed by atoms with van der Waals surface area (Å²) in [7, 11) is 0. The highest BCUT2D eigenvalue weighted by atomic mass is 79.9. The molecule has 0 saturated carbocycles. The van der Waals surface area contributed by atoms with Gasteiger partial charge in [-0.2, -0.15) is 0 Å². The summed E-state index contributed by atoms with van der Waals surface area (Å²) < 4.78 is 3.44. The molecule has 0 aromatic heterocycles. The van der Waals surface area contributed by atoms with E-state index in [9.17, 15) is 0 Å². The molecule has 1 atom stereocenters. The first kappa shape index (κ1) is 23.5. The maximum atomic E-state index is 4.28. The second kappa shape index (κ2) is 12.0. The Kier molecular flexibility index (Phi) is 11.8. The van der Waals surface area contributed by atoms with Gasteiger partial charge in [-0.05, 0) is 62.8 Å². The van der Waals surface area contributed by atoms with Gasteiger partial charge in [0.05, 0.1) is 5.45 Å². The smallest absolute Gasteiger partial charge is 0.0707 e. The van der Waals surface area contributed by atoms with Crippen molar-refractivity contribution in [3.63, 3.8) is 0 Å². The average molecular weight is 415 g/mol. The lowest BCUT2D eigenvalue weighted by atomic mass is 9.92. The second-order valence-corrected chi connectivity index (χ2v) is 8.45. The van der Waals surface area contributed by atoms with Crippen molar-refractivity contribution < 1.29 is 0 Å². The molecule has 4 heteroatoms. The first-order valence-electron chi connectivity index (χ1n) is 8.77. The topological polar surface area (TPSA) is 24.1 Å². The summed E-state index contributed by atoms with van der Waals surface area (Å²) in [5, 5.41) is 3.39. The molecular formula is C20H35BrN2S. The van der Waals surface area contributed by atoms with Crippen LogP contribution in [0.15, 0.2) is 29.7 Å². The molecule has 138 valence electrons. The minimum absolute atomic E-state index is 0.0900. The van der Waals surface area contributed by atoms with E-state index in [0.717, 1.165) is 17.6 Å². The summed E-state index contributed by atoms with van der Waals surface area (Å²) in [5.41, 5.74) is 4.37. The number of nitrogens with one attached hydrogen (secondary N) is 2. The number of halogens is 1. The lowest BCUT2D eigenvalue weighted by Gasteiger charge is -2.21. The zero-order valence-electron chi connectivity index (χ0n) is 16.4. The van der Waals surface area contributed by atoms with Gasteiger partial charge in [0, 0.05) is 21.7 Å². The lowest BCUT2D eigenvalue weighted by Crippen LogP contribution is -2.29. The van der Waals surface area contributed by atoms with Gasteiger partial charge in [0.15, 0.2) is 0 Å². The van der Waals surface area contributed by atoms with Crippen LogP contribution >= 0.6 is 27.9 Å². The predicted molar refractivity (Wildman–Crippen MR) is 117 cm³/mol. The van der Waals surface area contributed by atoms with E-state index in [-0.39, 0.29) is 5.54 Å². The molecule has 0 bridgehead atoms. The molecule has 0 aliphatic carbocycles. The number of hydrogen-bond donors (Lipinski definition) is 2. The van der Waals surface area contributed by atoms with Crippen LogP contribution in [0.3, 0.4) is 0 Å². The standard InChI is InChI=1S/C17H27BrN2S.C3H8/c1-7-12(2)13(3)15-9-8-14(10-16(15)19-11-18)21-20-17(4,5)6;1-3-2/h8-10,12,19-20H,3,7,11H2,1-2,4-6H3;3H2,1-2H3. The quantitative estimate of drug-likeness (QED) is 0.277. The van der Waals surface area contributed by atoms with Crippen LogP contribution in [0.1, 0.15) is 66.9 Å². The number of anilines is 1. The maximum absolute atomic E-state index is 4.28. The third kappa shape index (κ3) is 9.14. The number of rotatable bonds is 7. The van der Waals surface area contributed by atoms with Crippen molar-refractivity contribution in [1.82, 2.24) is 4.72 Å². The van der Waals surface area contributed by atoms with Crippen molar-refractivity contribution in [1.29, 1.82) is 0 Å². The third-order valence-electron chi connectivity index (χ3n) is 3.28. The highest BCUT2D eigenvalue weighted by Gasteiger charge is 2.13. The number of hydrogen-bond acceptors (Lipinski definition) is 3. The summed E-state index contributed by atoms with van der Waals surface area (Å²) in [6, 6.07) is 6.52. The number of benzene rings is 1. The molecule has 0 saturated heterocycles. The van der Waals surface area contributed by atoms with Crippen molar-refractivity contribution in [3.05, 3.63) is 30.3 Å². The predicted octanol–water partition coefficient (Wildman–Crippen LogP) is 7.32. The van der Waals surface area contributed by atoms with Gasteiger partial charge in [-0.1, -0.05) is 62.7 Å². The highest BCUT2D eigenvalue weighted by Crippen LogP contribution is 2.33. The molecular weight excluding hydrogens is 380 g/mol. The van der Waals surface area contributed by atoms with Crippen LogP contribution in [0.4, 0.5) is 5.69 Å². The first-order valence-corrected chi connectivity index (χ1v) is 10.7. The van der Waals surface area contributed by atoms with Crippen molar-refractivity contribution >= 4 is 39.1 Å². The molecule has 0 fully saturated rings. The molecule has 0 aliphatic rings. The molecule has 0 heterocycles. The third-order valence-corrected chi connectivity index (χ3v) is 4.76. The Morgan fingerprint density at radius 3 is 2.29 bits per heavy atom. The fourth-order valence-electron chi connectivity index (χ4n) is 1.81. The van der Waals surface area contributed by atoms with Gasteiger partial charge in [-0.15, -0.1) is 0 Å². The normalized spacial score (nSPS) is 12.2. The van der Waals surface area contributed by atoms with Gasteiger partial charge in [0.1, 0.15) is 0 Å². The van der Waals surface area contributed by atoms with E-state index < -0.39 is 0 Å². The summed E-state index contributed by atoms with van der Waals surface area (Å²) in [6.07, 6.45) is 2.36. The van der Waals surface area contributed by atoms with Crippen LogP contribution < -0.4 is 10.0 Å². The zero-order chi connectivity index (χ0) is 18.8. The Hall–Kier alpha value is -0.450. The van der Waals surface area contributed by atoms with Crippen LogP contribution in [-0.4, -0.2) is 11.0 Å². The summed E-state index contributed by atoms with van der Waals surface area (Å²) in [4.78, 5) is 1.20. The zero-order valence-corrected chi connectivity index (χ0v) is 18.8. The summed E-state index contributed by atoms with van der Waals surface area (Å²) in [6.45, 7) is 19.4. The van der Waals surface area contributed by atoms with Gasteiger partial charge in [0.25, 0.3) is 0 Å². The Labute approximate surface area is 162 Å². The van der Waals surface area contributed by atoms with E-state index in [2.05, 4.69) is 99.2 Å². The van der Waals surface area contributed by atoms with Crippen molar-refractivity contribution in [2.24, 2.45) is 5.92 Å². The molecule has 1 aromatic rings. The summed E-state index contributed by atoms with van der Waals surface area (Å²) >= 11 is 5.12. The van der Waals surface area contributed by atoms with Crippen LogP contribution in [0.2, 0.25) is 0 Å². The highest BCUT2D eigenvalue weighted by molar-refractivity contribution is 9.09. The van der Waals surface area contributed by atoms with Gasteiger partial charge in [-0.25, -0.2) is 0 Å². The fourth-order valence-corrected chi connectivity index (χ4v) is 2.85. The molecule has 1 aromatic carbocycles. The van der Waals surface area contributed by atoms with E-state index in [1.165, 1.54) is 22.5 Å². The molecule has 0 aliphatic heterocycles. The largest absolute Gasteiger partial charge is 0.375 e. The molecule has 1 unspecified atom stereocenters. The molecule has 2 nitrogen and oxygen atoms in total. The number of allylic oxidation sites excluding steroid dienone is 1. The Morgan fingerprint density at radius 1 is 1.25 bits per heavy atom. The monoisotopic (exact) mass is 414 g/mol. The Morgan fingerprint density at radius 2 is 1.83 bits per heavy atom. The van der Waals surface area contributed by atoms with Gasteiger partial charge in [-0.3, -0.25) is 4.72 Å². The molecule has 0 spiro atoms. The van der Waals surface area contributed by atoms with E-state index in [0.29, 0.717) is 5.92 Å². The minimum atomic E-state index is 0.0900. The van der Waals surface area contributed by atoms with Crippen molar-refractivity contribution in [2.75, 3.05) is 10.8 Å². The second-order valence-electron chi connectivity index (χ2n) is 7.01. The molecule has 0 radical (unpaired) electrons. The Bertz CT molecular complexity index is 495. The van der Waals surface area contributed by atoms with Gasteiger partial charge >= 0.3 is 0 Å². The van der Waals surface area contributed by atoms with E-state index in [4.69, 9.17) is 0 Å². The van der Waals surface area contributed by atoms with E-state index >= 15 is 0 Å². The van der Waals surface area contributed by atoms with Crippen molar-refractivity contribution in [2.45, 2.75) is 71.7 Å². The van der Waals surface area contributed by atoms with E-state index in [1.807, 2.05) is 0 Å². The van der Waals surface area contributed by atoms with Crippen LogP contribution in [0.5, 0.6) is 0 Å². The maximum Gasteiger partial charge on any atom is 0.0707 e. The average Bonchev–Trinajstić information content (AvgIpc) is 2.52. The summed E-state index contributed by atoms with van der Waals surface area (Å²) in [5.74, 6) is 0.493. The van der Waals surface area contributed by atoms with Gasteiger partial charge in [0.2, 0.25) is 0 Å². The van der Waals surface area contributed by atoms with Crippen LogP contribution in [-0.2, 0) is 0 Å². The SMILES string of the molecule is C=C(c1ccc(SNC(C)(C)C)cc1NCBr)C(C)CC.CCC. The lowest BCUT2D eigenvalue weighted by molar-refractivity contribution is 0.535. The Balaban J connectivity index is 0.00000163. The molecule has 24 heavy (non-hydrogen) atoms.